The van der Waals surface area contributed by atoms with Crippen molar-refractivity contribution in [2.75, 3.05) is 34.4 Å². The van der Waals surface area contributed by atoms with Crippen molar-refractivity contribution in [3.8, 4) is 11.5 Å². The maximum Gasteiger partial charge on any atom is 0.193 e. The van der Waals surface area contributed by atoms with E-state index in [0.717, 1.165) is 35.5 Å². The summed E-state index contributed by atoms with van der Waals surface area (Å²) in [4.78, 5) is 6.76. The van der Waals surface area contributed by atoms with Crippen molar-refractivity contribution in [3.05, 3.63) is 40.1 Å². The first-order valence-corrected chi connectivity index (χ1v) is 9.69. The quantitative estimate of drug-likeness (QED) is 0.343. The highest BCUT2D eigenvalue weighted by Crippen LogP contribution is 2.36. The third-order valence-electron chi connectivity index (χ3n) is 4.84. The Morgan fingerprint density at radius 3 is 2.75 bits per heavy atom. The van der Waals surface area contributed by atoms with Crippen LogP contribution in [0, 0.1) is 0 Å². The Morgan fingerprint density at radius 1 is 1.36 bits per heavy atom. The standard InChI is InChI=1S/C19H26BrN5O2.HI/c1-21-19(25-6-5-14(12-25)15-10-23-24(2)11-15)22-9-13-7-16(20)18(27-4)17(8-13)26-3;/h7-8,10-11,14H,5-6,9,12H2,1-4H3,(H,21,22);1H. The van der Waals surface area contributed by atoms with Gasteiger partial charge < -0.3 is 19.7 Å². The minimum Gasteiger partial charge on any atom is -0.493 e. The van der Waals surface area contributed by atoms with Gasteiger partial charge in [-0.15, -0.1) is 24.0 Å². The summed E-state index contributed by atoms with van der Waals surface area (Å²) in [7, 11) is 7.06. The minimum absolute atomic E-state index is 0. The maximum absolute atomic E-state index is 5.42. The van der Waals surface area contributed by atoms with Gasteiger partial charge in [0, 0.05) is 45.8 Å². The minimum atomic E-state index is 0. The van der Waals surface area contributed by atoms with Crippen molar-refractivity contribution in [2.24, 2.45) is 12.0 Å². The van der Waals surface area contributed by atoms with Gasteiger partial charge in [0.2, 0.25) is 0 Å². The highest BCUT2D eigenvalue weighted by molar-refractivity contribution is 14.0. The fourth-order valence-corrected chi connectivity index (χ4v) is 4.11. The molecule has 1 aromatic carbocycles. The van der Waals surface area contributed by atoms with Gasteiger partial charge in [-0.3, -0.25) is 9.67 Å². The third-order valence-corrected chi connectivity index (χ3v) is 5.43. The molecule has 0 bridgehead atoms. The van der Waals surface area contributed by atoms with Crippen LogP contribution in [0.3, 0.4) is 0 Å². The first-order chi connectivity index (χ1) is 13.0. The second-order valence-corrected chi connectivity index (χ2v) is 7.45. The molecule has 0 spiro atoms. The molecular formula is C19H27BrIN5O2. The monoisotopic (exact) mass is 563 g/mol. The average Bonchev–Trinajstić information content (AvgIpc) is 3.31. The van der Waals surface area contributed by atoms with E-state index in [4.69, 9.17) is 9.47 Å². The lowest BCUT2D eigenvalue weighted by Gasteiger charge is -2.22. The van der Waals surface area contributed by atoms with E-state index in [-0.39, 0.29) is 24.0 Å². The van der Waals surface area contributed by atoms with E-state index in [0.29, 0.717) is 24.0 Å². The van der Waals surface area contributed by atoms with Gasteiger partial charge in [0.15, 0.2) is 17.5 Å². The molecule has 1 N–H and O–H groups in total. The predicted molar refractivity (Wildman–Crippen MR) is 125 cm³/mol. The van der Waals surface area contributed by atoms with Crippen LogP contribution in [-0.4, -0.2) is 55.0 Å². The van der Waals surface area contributed by atoms with Gasteiger partial charge in [-0.1, -0.05) is 0 Å². The van der Waals surface area contributed by atoms with Crippen LogP contribution in [0.5, 0.6) is 11.5 Å². The number of hydrogen-bond acceptors (Lipinski definition) is 4. The number of rotatable bonds is 5. The second kappa shape index (κ2) is 10.3. The van der Waals surface area contributed by atoms with Gasteiger partial charge in [-0.25, -0.2) is 0 Å². The number of aromatic nitrogens is 2. The Bertz CT molecular complexity index is 827. The maximum atomic E-state index is 5.42. The summed E-state index contributed by atoms with van der Waals surface area (Å²) in [5.74, 6) is 2.81. The van der Waals surface area contributed by atoms with E-state index in [1.165, 1.54) is 5.56 Å². The molecule has 0 aliphatic carbocycles. The van der Waals surface area contributed by atoms with Crippen LogP contribution in [0.25, 0.3) is 0 Å². The molecular weight excluding hydrogens is 537 g/mol. The SMILES string of the molecule is CN=C(NCc1cc(Br)c(OC)c(OC)c1)N1CCC(c2cnn(C)c2)C1.I. The predicted octanol–water partition coefficient (Wildman–Crippen LogP) is 3.38. The number of guanidine groups is 1. The number of nitrogens with one attached hydrogen (secondary N) is 1. The summed E-state index contributed by atoms with van der Waals surface area (Å²) in [6.07, 6.45) is 5.17. The Hall–Kier alpha value is -1.49. The summed E-state index contributed by atoms with van der Waals surface area (Å²) in [5.41, 5.74) is 2.38. The molecule has 1 fully saturated rings. The van der Waals surface area contributed by atoms with Gasteiger partial charge in [-0.2, -0.15) is 5.10 Å². The number of ether oxygens (including phenoxy) is 2. The summed E-state index contributed by atoms with van der Waals surface area (Å²) in [5, 5.41) is 7.75. The van der Waals surface area contributed by atoms with E-state index in [9.17, 15) is 0 Å². The molecule has 1 aliphatic rings. The molecule has 9 heteroatoms. The third kappa shape index (κ3) is 5.11. The fraction of sp³-hybridized carbons (Fsp3) is 0.474. The van der Waals surface area contributed by atoms with Crippen LogP contribution in [0.2, 0.25) is 0 Å². The molecule has 1 unspecified atom stereocenters. The van der Waals surface area contributed by atoms with Crippen molar-refractivity contribution in [1.29, 1.82) is 0 Å². The zero-order valence-electron chi connectivity index (χ0n) is 16.6. The number of benzene rings is 1. The van der Waals surface area contributed by atoms with Crippen molar-refractivity contribution >= 4 is 45.9 Å². The van der Waals surface area contributed by atoms with E-state index in [2.05, 4.69) is 42.4 Å². The number of methoxy groups -OCH3 is 2. The topological polar surface area (TPSA) is 63.9 Å². The van der Waals surface area contributed by atoms with E-state index in [1.54, 1.807) is 14.2 Å². The molecule has 3 rings (SSSR count). The van der Waals surface area contributed by atoms with Crippen LogP contribution in [-0.2, 0) is 13.6 Å². The molecule has 1 aromatic heterocycles. The molecule has 7 nitrogen and oxygen atoms in total. The van der Waals surface area contributed by atoms with Crippen LogP contribution in [0.15, 0.2) is 34.0 Å². The Morgan fingerprint density at radius 2 is 2.14 bits per heavy atom. The van der Waals surface area contributed by atoms with Crippen LogP contribution < -0.4 is 14.8 Å². The molecule has 0 radical (unpaired) electrons. The lowest BCUT2D eigenvalue weighted by atomic mass is 10.0. The summed E-state index contributed by atoms with van der Waals surface area (Å²) in [6.45, 7) is 2.58. The summed E-state index contributed by atoms with van der Waals surface area (Å²) in [6, 6.07) is 4.01. The van der Waals surface area contributed by atoms with Gasteiger partial charge in [0.1, 0.15) is 0 Å². The number of nitrogens with zero attached hydrogens (tertiary/aromatic N) is 4. The first-order valence-electron chi connectivity index (χ1n) is 8.90. The number of likely N-dealkylation sites (tertiary alicyclic amines) is 1. The molecule has 154 valence electrons. The fourth-order valence-electron chi connectivity index (χ4n) is 3.46. The van der Waals surface area contributed by atoms with Gasteiger partial charge >= 0.3 is 0 Å². The molecule has 2 heterocycles. The molecule has 1 saturated heterocycles. The van der Waals surface area contributed by atoms with Crippen LogP contribution >= 0.6 is 39.9 Å². The Labute approximate surface area is 191 Å². The zero-order chi connectivity index (χ0) is 19.4. The normalized spacial score (nSPS) is 16.7. The summed E-state index contributed by atoms with van der Waals surface area (Å²) < 4.78 is 13.5. The zero-order valence-corrected chi connectivity index (χ0v) is 20.5. The molecule has 1 atom stereocenters. The molecule has 1 aliphatic heterocycles. The van der Waals surface area contributed by atoms with Gasteiger partial charge in [0.25, 0.3) is 0 Å². The first kappa shape index (κ1) is 22.8. The van der Waals surface area contributed by atoms with Crippen LogP contribution in [0.4, 0.5) is 0 Å². The van der Waals surface area contributed by atoms with E-state index >= 15 is 0 Å². The van der Waals surface area contributed by atoms with Crippen molar-refractivity contribution in [1.82, 2.24) is 20.0 Å². The lowest BCUT2D eigenvalue weighted by molar-refractivity contribution is 0.352. The lowest BCUT2D eigenvalue weighted by Crippen LogP contribution is -2.39. The van der Waals surface area contributed by atoms with Crippen molar-refractivity contribution in [2.45, 2.75) is 18.9 Å². The van der Waals surface area contributed by atoms with Crippen molar-refractivity contribution < 1.29 is 9.47 Å². The van der Waals surface area contributed by atoms with E-state index in [1.807, 2.05) is 37.1 Å². The van der Waals surface area contributed by atoms with Gasteiger partial charge in [0.05, 0.1) is 24.9 Å². The summed E-state index contributed by atoms with van der Waals surface area (Å²) >= 11 is 3.54. The number of halogens is 2. The van der Waals surface area contributed by atoms with Crippen molar-refractivity contribution in [3.63, 3.8) is 0 Å². The number of aliphatic imine (C=N–C) groups is 1. The average molecular weight is 564 g/mol. The second-order valence-electron chi connectivity index (χ2n) is 6.59. The smallest absolute Gasteiger partial charge is 0.193 e. The highest BCUT2D eigenvalue weighted by atomic mass is 127. The molecule has 2 aromatic rings. The van der Waals surface area contributed by atoms with Gasteiger partial charge in [-0.05, 0) is 45.6 Å². The largest absolute Gasteiger partial charge is 0.493 e. The molecule has 0 saturated carbocycles. The Kier molecular flexibility index (Phi) is 8.41. The molecule has 0 amide bonds. The van der Waals surface area contributed by atoms with E-state index < -0.39 is 0 Å². The number of hydrogen-bond donors (Lipinski definition) is 1. The number of aryl methyl sites for hydroxylation is 1. The highest BCUT2D eigenvalue weighted by Gasteiger charge is 2.26. The Balaban J connectivity index is 0.00000280. The van der Waals surface area contributed by atoms with Crippen LogP contribution in [0.1, 0.15) is 23.5 Å². The molecule has 28 heavy (non-hydrogen) atoms.